The van der Waals surface area contributed by atoms with E-state index >= 15 is 0 Å². The lowest BCUT2D eigenvalue weighted by Crippen LogP contribution is -2.28. The van der Waals surface area contributed by atoms with E-state index in [1.165, 1.54) is 0 Å². The number of aliphatic hydroxyl groups excluding tert-OH is 1. The van der Waals surface area contributed by atoms with Crippen molar-refractivity contribution in [1.29, 1.82) is 0 Å². The Balaban J connectivity index is 2.01. The summed E-state index contributed by atoms with van der Waals surface area (Å²) in [5.41, 5.74) is 1.04. The quantitative estimate of drug-likeness (QED) is 0.846. The first-order valence-corrected chi connectivity index (χ1v) is 6.30. The van der Waals surface area contributed by atoms with Crippen molar-refractivity contribution in [2.75, 3.05) is 6.61 Å². The molecular weight excluding hydrogens is 234 g/mol. The van der Waals surface area contributed by atoms with Gasteiger partial charge in [-0.15, -0.1) is 11.3 Å². The maximum absolute atomic E-state index is 8.91. The van der Waals surface area contributed by atoms with Crippen molar-refractivity contribution >= 4 is 11.3 Å². The number of thiazole rings is 1. The van der Waals surface area contributed by atoms with Gasteiger partial charge in [-0.3, -0.25) is 4.98 Å². The standard InChI is InChI=1S/C12H15N3OS/c1-9(8-16)14-6-11-7-15-12(17-11)10-3-2-4-13-5-10/h2-5,7,9,14,16H,6,8H2,1H3. The normalized spacial score (nSPS) is 12.6. The highest BCUT2D eigenvalue weighted by Crippen LogP contribution is 2.23. The fourth-order valence-electron chi connectivity index (χ4n) is 1.35. The first-order chi connectivity index (χ1) is 8.29. The number of nitrogens with zero attached hydrogens (tertiary/aromatic N) is 2. The van der Waals surface area contributed by atoms with Crippen LogP contribution in [-0.2, 0) is 6.54 Å². The van der Waals surface area contributed by atoms with Crippen LogP contribution in [-0.4, -0.2) is 27.7 Å². The summed E-state index contributed by atoms with van der Waals surface area (Å²) >= 11 is 1.64. The lowest BCUT2D eigenvalue weighted by molar-refractivity contribution is 0.251. The second-order valence-electron chi connectivity index (χ2n) is 3.84. The Morgan fingerprint density at radius 1 is 1.47 bits per heavy atom. The molecule has 0 aliphatic heterocycles. The van der Waals surface area contributed by atoms with Crippen LogP contribution < -0.4 is 5.32 Å². The fourth-order valence-corrected chi connectivity index (χ4v) is 2.20. The van der Waals surface area contributed by atoms with E-state index in [4.69, 9.17) is 5.11 Å². The van der Waals surface area contributed by atoms with Gasteiger partial charge in [0.15, 0.2) is 0 Å². The molecule has 1 atom stereocenters. The molecule has 0 spiro atoms. The molecule has 17 heavy (non-hydrogen) atoms. The van der Waals surface area contributed by atoms with E-state index in [9.17, 15) is 0 Å². The van der Waals surface area contributed by atoms with Gasteiger partial charge in [-0.1, -0.05) is 0 Å². The summed E-state index contributed by atoms with van der Waals surface area (Å²) in [6, 6.07) is 4.01. The van der Waals surface area contributed by atoms with Crippen molar-refractivity contribution in [2.45, 2.75) is 19.5 Å². The van der Waals surface area contributed by atoms with Crippen LogP contribution in [0, 0.1) is 0 Å². The van der Waals surface area contributed by atoms with Gasteiger partial charge in [0, 0.05) is 41.6 Å². The number of hydrogen-bond donors (Lipinski definition) is 2. The number of aliphatic hydroxyl groups is 1. The Bertz CT molecular complexity index is 458. The molecule has 0 aliphatic rings. The van der Waals surface area contributed by atoms with Crippen LogP contribution in [0.4, 0.5) is 0 Å². The zero-order chi connectivity index (χ0) is 12.1. The highest BCUT2D eigenvalue weighted by atomic mass is 32.1. The van der Waals surface area contributed by atoms with Gasteiger partial charge >= 0.3 is 0 Å². The van der Waals surface area contributed by atoms with Crippen LogP contribution in [0.15, 0.2) is 30.7 Å². The van der Waals surface area contributed by atoms with Crippen LogP contribution in [0.25, 0.3) is 10.6 Å². The maximum Gasteiger partial charge on any atom is 0.125 e. The first-order valence-electron chi connectivity index (χ1n) is 5.49. The average molecular weight is 249 g/mol. The van der Waals surface area contributed by atoms with E-state index < -0.39 is 0 Å². The van der Waals surface area contributed by atoms with Crippen LogP contribution in [0.1, 0.15) is 11.8 Å². The smallest absolute Gasteiger partial charge is 0.125 e. The van der Waals surface area contributed by atoms with Gasteiger partial charge in [0.25, 0.3) is 0 Å². The van der Waals surface area contributed by atoms with Gasteiger partial charge in [-0.05, 0) is 19.1 Å². The molecule has 0 saturated carbocycles. The first kappa shape index (κ1) is 12.2. The highest BCUT2D eigenvalue weighted by Gasteiger charge is 2.05. The minimum Gasteiger partial charge on any atom is -0.395 e. The third-order valence-electron chi connectivity index (χ3n) is 2.36. The number of hydrogen-bond acceptors (Lipinski definition) is 5. The van der Waals surface area contributed by atoms with E-state index in [2.05, 4.69) is 15.3 Å². The summed E-state index contributed by atoms with van der Waals surface area (Å²) in [4.78, 5) is 9.60. The Labute approximate surface area is 104 Å². The molecule has 2 aromatic heterocycles. The summed E-state index contributed by atoms with van der Waals surface area (Å²) in [5, 5.41) is 13.1. The van der Waals surface area contributed by atoms with E-state index in [-0.39, 0.29) is 12.6 Å². The van der Waals surface area contributed by atoms with Crippen LogP contribution >= 0.6 is 11.3 Å². The number of rotatable bonds is 5. The topological polar surface area (TPSA) is 58.0 Å². The van der Waals surface area contributed by atoms with Crippen molar-refractivity contribution in [3.8, 4) is 10.6 Å². The Hall–Kier alpha value is -1.30. The summed E-state index contributed by atoms with van der Waals surface area (Å²) in [7, 11) is 0. The van der Waals surface area contributed by atoms with E-state index in [0.29, 0.717) is 0 Å². The Morgan fingerprint density at radius 2 is 2.35 bits per heavy atom. The van der Waals surface area contributed by atoms with Crippen LogP contribution in [0.5, 0.6) is 0 Å². The zero-order valence-electron chi connectivity index (χ0n) is 9.63. The molecule has 90 valence electrons. The molecule has 2 N–H and O–H groups in total. The number of nitrogens with one attached hydrogen (secondary N) is 1. The lowest BCUT2D eigenvalue weighted by Gasteiger charge is -2.08. The average Bonchev–Trinajstić information content (AvgIpc) is 2.86. The van der Waals surface area contributed by atoms with Crippen molar-refractivity contribution in [3.63, 3.8) is 0 Å². The molecule has 2 rings (SSSR count). The molecule has 2 heterocycles. The largest absolute Gasteiger partial charge is 0.395 e. The van der Waals surface area contributed by atoms with E-state index in [1.54, 1.807) is 17.5 Å². The molecular formula is C12H15N3OS. The van der Waals surface area contributed by atoms with Crippen molar-refractivity contribution in [1.82, 2.24) is 15.3 Å². The lowest BCUT2D eigenvalue weighted by atomic mass is 10.3. The third kappa shape index (κ3) is 3.33. The van der Waals surface area contributed by atoms with E-state index in [0.717, 1.165) is 22.0 Å². The van der Waals surface area contributed by atoms with E-state index in [1.807, 2.05) is 31.5 Å². The molecule has 0 fully saturated rings. The monoisotopic (exact) mass is 249 g/mol. The molecule has 0 radical (unpaired) electrons. The summed E-state index contributed by atoms with van der Waals surface area (Å²) in [6.07, 6.45) is 5.43. The minimum absolute atomic E-state index is 0.110. The Morgan fingerprint density at radius 3 is 3.06 bits per heavy atom. The fraction of sp³-hybridized carbons (Fsp3) is 0.333. The number of pyridine rings is 1. The van der Waals surface area contributed by atoms with Gasteiger partial charge in [-0.25, -0.2) is 4.98 Å². The molecule has 0 aliphatic carbocycles. The molecule has 0 saturated heterocycles. The molecule has 5 heteroatoms. The van der Waals surface area contributed by atoms with Gasteiger partial charge in [-0.2, -0.15) is 0 Å². The second-order valence-corrected chi connectivity index (χ2v) is 4.95. The van der Waals surface area contributed by atoms with Gasteiger partial charge < -0.3 is 10.4 Å². The van der Waals surface area contributed by atoms with Crippen molar-refractivity contribution in [3.05, 3.63) is 35.6 Å². The van der Waals surface area contributed by atoms with Gasteiger partial charge in [0.2, 0.25) is 0 Å². The molecule has 1 unspecified atom stereocenters. The minimum atomic E-state index is 0.110. The molecule has 0 bridgehead atoms. The summed E-state index contributed by atoms with van der Waals surface area (Å²) < 4.78 is 0. The molecule has 2 aromatic rings. The van der Waals surface area contributed by atoms with Gasteiger partial charge in [0.05, 0.1) is 6.61 Å². The number of aromatic nitrogens is 2. The van der Waals surface area contributed by atoms with Gasteiger partial charge in [0.1, 0.15) is 5.01 Å². The predicted octanol–water partition coefficient (Wildman–Crippen LogP) is 1.68. The second kappa shape index (κ2) is 5.86. The molecule has 0 aromatic carbocycles. The molecule has 4 nitrogen and oxygen atoms in total. The van der Waals surface area contributed by atoms with Crippen molar-refractivity contribution < 1.29 is 5.11 Å². The predicted molar refractivity (Wildman–Crippen MR) is 68.7 cm³/mol. The summed E-state index contributed by atoms with van der Waals surface area (Å²) in [6.45, 7) is 2.83. The van der Waals surface area contributed by atoms with Crippen LogP contribution in [0.3, 0.4) is 0 Å². The SMILES string of the molecule is CC(CO)NCc1cnc(-c2cccnc2)s1. The van der Waals surface area contributed by atoms with Crippen LogP contribution in [0.2, 0.25) is 0 Å². The zero-order valence-corrected chi connectivity index (χ0v) is 10.4. The molecule has 0 amide bonds. The van der Waals surface area contributed by atoms with Crippen molar-refractivity contribution in [2.24, 2.45) is 0 Å². The maximum atomic E-state index is 8.91. The Kier molecular flexibility index (Phi) is 4.19. The highest BCUT2D eigenvalue weighted by molar-refractivity contribution is 7.15. The third-order valence-corrected chi connectivity index (χ3v) is 3.41. The summed E-state index contributed by atoms with van der Waals surface area (Å²) in [5.74, 6) is 0.